The summed E-state index contributed by atoms with van der Waals surface area (Å²) in [5, 5.41) is 22.6. The SMILES string of the molecule is Oc1cccc2c1[C@@H](O)CCC21Oc2cccc3cccc(c23)O1. The molecule has 1 aliphatic heterocycles. The van der Waals surface area contributed by atoms with E-state index in [0.717, 1.165) is 22.3 Å². The van der Waals surface area contributed by atoms with Gasteiger partial charge < -0.3 is 19.7 Å². The summed E-state index contributed by atoms with van der Waals surface area (Å²) in [5.74, 6) is 0.582. The fourth-order valence-corrected chi connectivity index (χ4v) is 3.87. The Morgan fingerprint density at radius 2 is 1.58 bits per heavy atom. The molecule has 4 nitrogen and oxygen atoms in total. The Hall–Kier alpha value is -2.72. The molecule has 0 aromatic heterocycles. The summed E-state index contributed by atoms with van der Waals surface area (Å²) in [6.45, 7) is 0. The third kappa shape index (κ3) is 1.72. The zero-order valence-electron chi connectivity index (χ0n) is 12.9. The van der Waals surface area contributed by atoms with Gasteiger partial charge in [0, 0.05) is 17.5 Å². The number of phenols is 1. The third-order valence-electron chi connectivity index (χ3n) is 4.95. The molecule has 2 N–H and O–H groups in total. The number of aliphatic hydroxyl groups is 1. The Morgan fingerprint density at radius 1 is 0.917 bits per heavy atom. The van der Waals surface area contributed by atoms with E-state index in [1.807, 2.05) is 42.5 Å². The summed E-state index contributed by atoms with van der Waals surface area (Å²) >= 11 is 0. The fraction of sp³-hybridized carbons (Fsp3) is 0.200. The maximum absolute atomic E-state index is 10.3. The molecule has 24 heavy (non-hydrogen) atoms. The van der Waals surface area contributed by atoms with Crippen LogP contribution in [0.15, 0.2) is 54.6 Å². The number of rotatable bonds is 0. The van der Waals surface area contributed by atoms with Crippen LogP contribution in [-0.2, 0) is 5.79 Å². The quantitative estimate of drug-likeness (QED) is 0.657. The van der Waals surface area contributed by atoms with Crippen molar-refractivity contribution in [1.82, 2.24) is 0 Å². The maximum Gasteiger partial charge on any atom is 0.278 e. The second-order valence-electron chi connectivity index (χ2n) is 6.36. The summed E-state index contributed by atoms with van der Waals surface area (Å²) in [6.07, 6.45) is 0.255. The number of phenolic OH excluding ortho intramolecular Hbond substituents is 1. The van der Waals surface area contributed by atoms with Gasteiger partial charge in [-0.25, -0.2) is 0 Å². The lowest BCUT2D eigenvalue weighted by Gasteiger charge is -2.43. The molecule has 0 amide bonds. The average molecular weight is 320 g/mol. The lowest BCUT2D eigenvalue weighted by Crippen LogP contribution is -2.44. The van der Waals surface area contributed by atoms with Crippen LogP contribution in [0.1, 0.15) is 30.1 Å². The van der Waals surface area contributed by atoms with E-state index in [4.69, 9.17) is 9.47 Å². The standard InChI is InChI=1S/C20H16O4/c21-14-7-3-6-13-19(14)15(22)10-11-20(13)23-16-8-1-4-12-5-2-9-17(24-20)18(12)16/h1-9,15,21-22H,10-11H2/t15-/m0/s1. The molecule has 0 radical (unpaired) electrons. The predicted octanol–water partition coefficient (Wildman–Crippen LogP) is 4.00. The number of aromatic hydroxyl groups is 1. The first kappa shape index (κ1) is 13.7. The predicted molar refractivity (Wildman–Crippen MR) is 89.2 cm³/mol. The Balaban J connectivity index is 1.75. The van der Waals surface area contributed by atoms with Crippen LogP contribution < -0.4 is 9.47 Å². The Labute approximate surface area is 138 Å². The minimum atomic E-state index is -1.02. The fourth-order valence-electron chi connectivity index (χ4n) is 3.87. The molecular weight excluding hydrogens is 304 g/mol. The first-order valence-electron chi connectivity index (χ1n) is 8.08. The van der Waals surface area contributed by atoms with Crippen LogP contribution in [0, 0.1) is 0 Å². The van der Waals surface area contributed by atoms with Gasteiger partial charge in [-0.3, -0.25) is 0 Å². The van der Waals surface area contributed by atoms with Crippen molar-refractivity contribution in [3.63, 3.8) is 0 Å². The average Bonchev–Trinajstić information content (AvgIpc) is 2.59. The number of hydrogen-bond acceptors (Lipinski definition) is 4. The van der Waals surface area contributed by atoms with Crippen LogP contribution in [0.25, 0.3) is 10.8 Å². The van der Waals surface area contributed by atoms with Gasteiger partial charge in [0.05, 0.1) is 11.5 Å². The zero-order chi connectivity index (χ0) is 16.3. The van der Waals surface area contributed by atoms with E-state index in [1.165, 1.54) is 0 Å². The van der Waals surface area contributed by atoms with Crippen LogP contribution in [0.4, 0.5) is 0 Å². The molecule has 2 aliphatic rings. The summed E-state index contributed by atoms with van der Waals surface area (Å²) < 4.78 is 12.6. The van der Waals surface area contributed by atoms with Crippen LogP contribution in [0.2, 0.25) is 0 Å². The monoisotopic (exact) mass is 320 g/mol. The van der Waals surface area contributed by atoms with E-state index >= 15 is 0 Å². The highest BCUT2D eigenvalue weighted by atomic mass is 16.7. The van der Waals surface area contributed by atoms with Crippen molar-refractivity contribution in [2.75, 3.05) is 0 Å². The number of fused-ring (bicyclic) bond motifs is 2. The molecule has 1 aliphatic carbocycles. The van der Waals surface area contributed by atoms with E-state index in [0.29, 0.717) is 24.0 Å². The van der Waals surface area contributed by atoms with Gasteiger partial charge in [-0.15, -0.1) is 0 Å². The van der Waals surface area contributed by atoms with Crippen LogP contribution in [0.3, 0.4) is 0 Å². The number of aliphatic hydroxyl groups excluding tert-OH is 1. The molecule has 120 valence electrons. The molecule has 0 fully saturated rings. The van der Waals surface area contributed by atoms with Gasteiger partial charge in [-0.1, -0.05) is 36.4 Å². The van der Waals surface area contributed by atoms with Crippen LogP contribution >= 0.6 is 0 Å². The lowest BCUT2D eigenvalue weighted by atomic mass is 9.83. The summed E-state index contributed by atoms with van der Waals surface area (Å²) in [7, 11) is 0. The van der Waals surface area contributed by atoms with E-state index in [1.54, 1.807) is 12.1 Å². The summed E-state index contributed by atoms with van der Waals surface area (Å²) in [4.78, 5) is 0. The number of benzene rings is 3. The van der Waals surface area contributed by atoms with Gasteiger partial charge in [0.25, 0.3) is 5.79 Å². The zero-order valence-corrected chi connectivity index (χ0v) is 12.9. The Morgan fingerprint density at radius 3 is 2.29 bits per heavy atom. The Bertz CT molecular complexity index is 922. The first-order chi connectivity index (χ1) is 11.7. The summed E-state index contributed by atoms with van der Waals surface area (Å²) in [5.41, 5.74) is 1.18. The molecule has 0 saturated heterocycles. The van der Waals surface area contributed by atoms with E-state index < -0.39 is 11.9 Å². The van der Waals surface area contributed by atoms with Crippen molar-refractivity contribution >= 4 is 10.8 Å². The number of ether oxygens (including phenoxy) is 2. The molecule has 4 heteroatoms. The third-order valence-corrected chi connectivity index (χ3v) is 4.95. The second kappa shape index (κ2) is 4.65. The van der Waals surface area contributed by atoms with Gasteiger partial charge in [-0.2, -0.15) is 0 Å². The second-order valence-corrected chi connectivity index (χ2v) is 6.36. The van der Waals surface area contributed by atoms with Crippen molar-refractivity contribution in [1.29, 1.82) is 0 Å². The smallest absolute Gasteiger partial charge is 0.278 e. The topological polar surface area (TPSA) is 58.9 Å². The lowest BCUT2D eigenvalue weighted by molar-refractivity contribution is -0.147. The molecule has 1 spiro atoms. The highest BCUT2D eigenvalue weighted by Gasteiger charge is 2.47. The number of hydrogen-bond donors (Lipinski definition) is 2. The molecule has 0 unspecified atom stereocenters. The van der Waals surface area contributed by atoms with Gasteiger partial charge in [0.15, 0.2) is 0 Å². The van der Waals surface area contributed by atoms with Crippen molar-refractivity contribution in [2.45, 2.75) is 24.7 Å². The van der Waals surface area contributed by atoms with Crippen molar-refractivity contribution in [3.05, 3.63) is 65.7 Å². The first-order valence-corrected chi connectivity index (χ1v) is 8.08. The minimum absolute atomic E-state index is 0.0725. The molecule has 3 aromatic carbocycles. The summed E-state index contributed by atoms with van der Waals surface area (Å²) in [6, 6.07) is 17.0. The normalized spacial score (nSPS) is 20.3. The highest BCUT2D eigenvalue weighted by Crippen LogP contribution is 2.52. The van der Waals surface area contributed by atoms with Gasteiger partial charge in [0.1, 0.15) is 17.2 Å². The van der Waals surface area contributed by atoms with Crippen LogP contribution in [0.5, 0.6) is 17.2 Å². The molecule has 1 atom stereocenters. The molecule has 0 bridgehead atoms. The van der Waals surface area contributed by atoms with Gasteiger partial charge in [-0.05, 0) is 30.0 Å². The minimum Gasteiger partial charge on any atom is -0.508 e. The largest absolute Gasteiger partial charge is 0.508 e. The van der Waals surface area contributed by atoms with Crippen molar-refractivity contribution in [3.8, 4) is 17.2 Å². The molecule has 1 heterocycles. The van der Waals surface area contributed by atoms with E-state index in [9.17, 15) is 10.2 Å². The van der Waals surface area contributed by atoms with Crippen LogP contribution in [-0.4, -0.2) is 10.2 Å². The maximum atomic E-state index is 10.3. The van der Waals surface area contributed by atoms with Gasteiger partial charge in [0.2, 0.25) is 0 Å². The van der Waals surface area contributed by atoms with E-state index in [-0.39, 0.29) is 5.75 Å². The van der Waals surface area contributed by atoms with Crippen molar-refractivity contribution < 1.29 is 19.7 Å². The Kier molecular flexibility index (Phi) is 2.65. The molecule has 3 aromatic rings. The van der Waals surface area contributed by atoms with Gasteiger partial charge >= 0.3 is 0 Å². The molecule has 5 rings (SSSR count). The molecule has 0 saturated carbocycles. The van der Waals surface area contributed by atoms with E-state index in [2.05, 4.69) is 0 Å². The van der Waals surface area contributed by atoms with Crippen molar-refractivity contribution in [2.24, 2.45) is 0 Å². The highest BCUT2D eigenvalue weighted by molar-refractivity contribution is 5.94. The molecular formula is C20H16O4.